The number of carbonyl (C=O) groups is 1. The summed E-state index contributed by atoms with van der Waals surface area (Å²) in [5, 5.41) is 2.51. The van der Waals surface area contributed by atoms with Crippen LogP contribution in [0.3, 0.4) is 0 Å². The maximum Gasteiger partial charge on any atom is 0.259 e. The number of aromatic nitrogens is 1. The number of nitrogen functional groups attached to an aromatic ring is 1. The van der Waals surface area contributed by atoms with Gasteiger partial charge in [-0.3, -0.25) is 15.6 Å². The predicted octanol–water partition coefficient (Wildman–Crippen LogP) is 2.38. The van der Waals surface area contributed by atoms with E-state index in [4.69, 9.17) is 5.84 Å². The number of nitrogens with one attached hydrogen (secondary N) is 2. The quantitative estimate of drug-likeness (QED) is 0.593. The molecule has 2 aromatic rings. The SMILES string of the molecule is Cc1ccc(F)c(NC(=O)c2cnc(C)cc2NN)c1. The summed E-state index contributed by atoms with van der Waals surface area (Å²) in [6.07, 6.45) is 1.40. The maximum atomic E-state index is 13.6. The normalized spacial score (nSPS) is 10.2. The van der Waals surface area contributed by atoms with E-state index in [9.17, 15) is 9.18 Å². The van der Waals surface area contributed by atoms with Crippen molar-refractivity contribution in [2.45, 2.75) is 13.8 Å². The summed E-state index contributed by atoms with van der Waals surface area (Å²) in [5.74, 6) is 4.40. The van der Waals surface area contributed by atoms with Gasteiger partial charge < -0.3 is 10.7 Å². The van der Waals surface area contributed by atoms with Gasteiger partial charge in [0.15, 0.2) is 0 Å². The molecule has 0 radical (unpaired) electrons. The van der Waals surface area contributed by atoms with Crippen LogP contribution in [0.5, 0.6) is 0 Å². The van der Waals surface area contributed by atoms with E-state index >= 15 is 0 Å². The molecule has 6 heteroatoms. The molecule has 1 amide bonds. The minimum atomic E-state index is -0.494. The van der Waals surface area contributed by atoms with Crippen LogP contribution in [0.2, 0.25) is 0 Å². The summed E-state index contributed by atoms with van der Waals surface area (Å²) >= 11 is 0. The van der Waals surface area contributed by atoms with E-state index in [0.717, 1.165) is 11.3 Å². The first kappa shape index (κ1) is 14.0. The van der Waals surface area contributed by atoms with Crippen LogP contribution in [0, 0.1) is 19.7 Å². The standard InChI is InChI=1S/C14H15FN4O/c1-8-3-4-11(15)13(5-8)18-14(20)10-7-17-9(2)6-12(10)19-16/h3-7H,16H2,1-2H3,(H,17,19)(H,18,20). The van der Waals surface area contributed by atoms with Crippen molar-refractivity contribution in [3.05, 3.63) is 53.1 Å². The number of carbonyl (C=O) groups excluding carboxylic acids is 1. The van der Waals surface area contributed by atoms with Crippen molar-refractivity contribution in [1.29, 1.82) is 0 Å². The van der Waals surface area contributed by atoms with Crippen LogP contribution in [0.25, 0.3) is 0 Å². The second-order valence-corrected chi connectivity index (χ2v) is 4.45. The Labute approximate surface area is 116 Å². The van der Waals surface area contributed by atoms with Crippen molar-refractivity contribution in [2.24, 2.45) is 5.84 Å². The van der Waals surface area contributed by atoms with E-state index in [1.807, 2.05) is 6.92 Å². The van der Waals surface area contributed by atoms with Crippen LogP contribution in [0.4, 0.5) is 15.8 Å². The number of nitrogens with two attached hydrogens (primary N) is 1. The van der Waals surface area contributed by atoms with Gasteiger partial charge in [0.05, 0.1) is 16.9 Å². The maximum absolute atomic E-state index is 13.6. The number of pyridine rings is 1. The Hall–Kier alpha value is -2.47. The van der Waals surface area contributed by atoms with Gasteiger partial charge in [-0.1, -0.05) is 6.07 Å². The zero-order chi connectivity index (χ0) is 14.7. The number of benzene rings is 1. The van der Waals surface area contributed by atoms with Crippen LogP contribution in [0.15, 0.2) is 30.5 Å². The molecule has 0 fully saturated rings. The Morgan fingerprint density at radius 2 is 2.00 bits per heavy atom. The Balaban J connectivity index is 2.30. The Morgan fingerprint density at radius 3 is 2.70 bits per heavy atom. The lowest BCUT2D eigenvalue weighted by molar-refractivity contribution is 0.102. The molecule has 20 heavy (non-hydrogen) atoms. The van der Waals surface area contributed by atoms with Crippen molar-refractivity contribution in [3.63, 3.8) is 0 Å². The van der Waals surface area contributed by atoms with Gasteiger partial charge in [0.25, 0.3) is 5.91 Å². The summed E-state index contributed by atoms with van der Waals surface area (Å²) in [6.45, 7) is 3.60. The van der Waals surface area contributed by atoms with E-state index < -0.39 is 11.7 Å². The molecule has 0 saturated carbocycles. The van der Waals surface area contributed by atoms with Crippen LogP contribution in [-0.4, -0.2) is 10.9 Å². The average Bonchev–Trinajstić information content (AvgIpc) is 2.42. The van der Waals surface area contributed by atoms with Gasteiger partial charge in [-0.25, -0.2) is 4.39 Å². The third-order valence-electron chi connectivity index (χ3n) is 2.81. The number of hydrazine groups is 1. The van der Waals surface area contributed by atoms with Crippen LogP contribution in [0.1, 0.15) is 21.6 Å². The Morgan fingerprint density at radius 1 is 1.25 bits per heavy atom. The predicted molar refractivity (Wildman–Crippen MR) is 75.9 cm³/mol. The molecule has 0 saturated heterocycles. The van der Waals surface area contributed by atoms with Crippen molar-refractivity contribution in [2.75, 3.05) is 10.7 Å². The fraction of sp³-hybridized carbons (Fsp3) is 0.143. The second kappa shape index (κ2) is 5.66. The number of aryl methyl sites for hydroxylation is 2. The highest BCUT2D eigenvalue weighted by atomic mass is 19.1. The zero-order valence-electron chi connectivity index (χ0n) is 11.2. The molecular weight excluding hydrogens is 259 g/mol. The van der Waals surface area contributed by atoms with Gasteiger partial charge in [0.2, 0.25) is 0 Å². The highest BCUT2D eigenvalue weighted by Crippen LogP contribution is 2.19. The number of halogens is 1. The molecule has 0 bridgehead atoms. The van der Waals surface area contributed by atoms with Gasteiger partial charge in [0, 0.05) is 11.9 Å². The first-order valence-electron chi connectivity index (χ1n) is 6.02. The van der Waals surface area contributed by atoms with E-state index in [2.05, 4.69) is 15.7 Å². The molecule has 0 spiro atoms. The van der Waals surface area contributed by atoms with Gasteiger partial charge >= 0.3 is 0 Å². The van der Waals surface area contributed by atoms with Crippen LogP contribution < -0.4 is 16.6 Å². The molecule has 1 aromatic heterocycles. The minimum absolute atomic E-state index is 0.124. The Bertz CT molecular complexity index is 658. The van der Waals surface area contributed by atoms with Gasteiger partial charge in [-0.15, -0.1) is 0 Å². The average molecular weight is 274 g/mol. The number of rotatable bonds is 3. The molecule has 4 N–H and O–H groups in total. The molecule has 1 aromatic carbocycles. The Kier molecular flexibility index (Phi) is 3.95. The largest absolute Gasteiger partial charge is 0.323 e. The number of anilines is 2. The van der Waals surface area contributed by atoms with E-state index in [-0.39, 0.29) is 11.3 Å². The molecule has 0 aliphatic heterocycles. The molecule has 104 valence electrons. The molecule has 5 nitrogen and oxygen atoms in total. The smallest absolute Gasteiger partial charge is 0.259 e. The monoisotopic (exact) mass is 274 g/mol. The summed E-state index contributed by atoms with van der Waals surface area (Å²) in [5.41, 5.74) is 4.81. The van der Waals surface area contributed by atoms with E-state index in [0.29, 0.717) is 5.69 Å². The van der Waals surface area contributed by atoms with Crippen molar-refractivity contribution >= 4 is 17.3 Å². The van der Waals surface area contributed by atoms with Crippen LogP contribution >= 0.6 is 0 Å². The lowest BCUT2D eigenvalue weighted by Crippen LogP contribution is -2.18. The van der Waals surface area contributed by atoms with Crippen LogP contribution in [-0.2, 0) is 0 Å². The fourth-order valence-corrected chi connectivity index (χ4v) is 1.78. The summed E-state index contributed by atoms with van der Waals surface area (Å²) in [6, 6.07) is 6.14. The topological polar surface area (TPSA) is 80.0 Å². The number of nitrogens with zero attached hydrogens (tertiary/aromatic N) is 1. The molecule has 1 heterocycles. The summed E-state index contributed by atoms with van der Waals surface area (Å²) < 4.78 is 13.6. The first-order chi connectivity index (χ1) is 9.51. The zero-order valence-corrected chi connectivity index (χ0v) is 11.2. The van der Waals surface area contributed by atoms with Gasteiger partial charge in [0.1, 0.15) is 5.82 Å². The lowest BCUT2D eigenvalue weighted by atomic mass is 10.1. The fourth-order valence-electron chi connectivity index (χ4n) is 1.78. The highest BCUT2D eigenvalue weighted by molar-refractivity contribution is 6.07. The second-order valence-electron chi connectivity index (χ2n) is 4.45. The molecule has 0 aliphatic carbocycles. The van der Waals surface area contributed by atoms with E-state index in [1.54, 1.807) is 25.1 Å². The third kappa shape index (κ3) is 2.92. The number of amides is 1. The van der Waals surface area contributed by atoms with Crippen molar-refractivity contribution in [1.82, 2.24) is 4.98 Å². The van der Waals surface area contributed by atoms with Crippen molar-refractivity contribution in [3.8, 4) is 0 Å². The lowest BCUT2D eigenvalue weighted by Gasteiger charge is -2.11. The number of hydrogen-bond acceptors (Lipinski definition) is 4. The molecule has 0 unspecified atom stereocenters. The molecule has 0 atom stereocenters. The summed E-state index contributed by atoms with van der Waals surface area (Å²) in [7, 11) is 0. The molecule has 2 rings (SSSR count). The minimum Gasteiger partial charge on any atom is -0.323 e. The van der Waals surface area contributed by atoms with E-state index in [1.165, 1.54) is 12.3 Å². The molecular formula is C14H15FN4O. The van der Waals surface area contributed by atoms with Crippen molar-refractivity contribution < 1.29 is 9.18 Å². The first-order valence-corrected chi connectivity index (χ1v) is 6.02. The van der Waals surface area contributed by atoms with Gasteiger partial charge in [-0.2, -0.15) is 0 Å². The summed E-state index contributed by atoms with van der Waals surface area (Å²) in [4.78, 5) is 16.2. The number of hydrogen-bond donors (Lipinski definition) is 3. The third-order valence-corrected chi connectivity index (χ3v) is 2.81. The molecule has 0 aliphatic rings. The van der Waals surface area contributed by atoms with Gasteiger partial charge in [-0.05, 0) is 37.6 Å². The highest BCUT2D eigenvalue weighted by Gasteiger charge is 2.14.